The van der Waals surface area contributed by atoms with Crippen LogP contribution < -0.4 is 9.47 Å². The second-order valence-corrected chi connectivity index (χ2v) is 6.70. The van der Waals surface area contributed by atoms with Gasteiger partial charge >= 0.3 is 5.97 Å². The van der Waals surface area contributed by atoms with E-state index < -0.39 is 5.97 Å². The van der Waals surface area contributed by atoms with E-state index >= 15 is 0 Å². The molecule has 0 aliphatic carbocycles. The second kappa shape index (κ2) is 8.24. The fourth-order valence-corrected chi connectivity index (χ4v) is 3.26. The van der Waals surface area contributed by atoms with Crippen molar-refractivity contribution in [1.29, 1.82) is 0 Å². The summed E-state index contributed by atoms with van der Waals surface area (Å²) in [6.45, 7) is 0.366. The van der Waals surface area contributed by atoms with Crippen molar-refractivity contribution in [3.8, 4) is 22.9 Å². The standard InChI is InChI=1S/C23H21N3O4/c1-26-20-9-6-16(23(27)29-3)11-19(20)25-22(26)18-8-7-17(28-2)12-21(18)30-14-15-5-4-10-24-13-15/h4-13H,14H2,1-3H3. The van der Waals surface area contributed by atoms with Gasteiger partial charge < -0.3 is 18.8 Å². The molecule has 0 amide bonds. The molecule has 0 unspecified atom stereocenters. The first-order valence-electron chi connectivity index (χ1n) is 9.35. The van der Waals surface area contributed by atoms with Crippen molar-refractivity contribution in [2.24, 2.45) is 7.05 Å². The Morgan fingerprint density at radius 2 is 1.97 bits per heavy atom. The van der Waals surface area contributed by atoms with Crippen LogP contribution in [0, 0.1) is 0 Å². The zero-order chi connectivity index (χ0) is 21.1. The van der Waals surface area contributed by atoms with Crippen molar-refractivity contribution >= 4 is 17.0 Å². The third-order valence-electron chi connectivity index (χ3n) is 4.85. The molecule has 0 saturated heterocycles. The molecule has 0 aliphatic rings. The summed E-state index contributed by atoms with van der Waals surface area (Å²) in [5, 5.41) is 0. The summed E-state index contributed by atoms with van der Waals surface area (Å²) in [6, 6.07) is 14.8. The summed E-state index contributed by atoms with van der Waals surface area (Å²) in [6.07, 6.45) is 3.49. The normalized spacial score (nSPS) is 10.8. The van der Waals surface area contributed by atoms with Crippen LogP contribution >= 0.6 is 0 Å². The van der Waals surface area contributed by atoms with Gasteiger partial charge in [-0.25, -0.2) is 9.78 Å². The van der Waals surface area contributed by atoms with E-state index in [4.69, 9.17) is 19.2 Å². The van der Waals surface area contributed by atoms with Gasteiger partial charge in [0, 0.05) is 31.1 Å². The molecule has 0 bridgehead atoms. The number of rotatable bonds is 6. The quantitative estimate of drug-likeness (QED) is 0.453. The van der Waals surface area contributed by atoms with Crippen LogP contribution in [-0.4, -0.2) is 34.7 Å². The number of ether oxygens (including phenoxy) is 3. The number of hydrogen-bond donors (Lipinski definition) is 0. The van der Waals surface area contributed by atoms with Gasteiger partial charge in [-0.15, -0.1) is 0 Å². The molecule has 0 radical (unpaired) electrons. The number of esters is 1. The summed E-state index contributed by atoms with van der Waals surface area (Å²) in [5.41, 5.74) is 3.82. The van der Waals surface area contributed by atoms with Crippen LogP contribution in [0.1, 0.15) is 15.9 Å². The average molecular weight is 403 g/mol. The maximum absolute atomic E-state index is 11.9. The molecule has 152 valence electrons. The van der Waals surface area contributed by atoms with Crippen molar-refractivity contribution in [3.63, 3.8) is 0 Å². The Labute approximate surface area is 173 Å². The molecule has 2 heterocycles. The van der Waals surface area contributed by atoms with Gasteiger partial charge in [0.25, 0.3) is 0 Å². The number of hydrogen-bond acceptors (Lipinski definition) is 6. The van der Waals surface area contributed by atoms with E-state index in [1.807, 2.05) is 48.0 Å². The van der Waals surface area contributed by atoms with Crippen LogP contribution in [0.4, 0.5) is 0 Å². The fraction of sp³-hybridized carbons (Fsp3) is 0.174. The van der Waals surface area contributed by atoms with E-state index in [0.29, 0.717) is 29.2 Å². The van der Waals surface area contributed by atoms with Crippen LogP contribution in [-0.2, 0) is 18.4 Å². The third-order valence-corrected chi connectivity index (χ3v) is 4.85. The first-order valence-corrected chi connectivity index (χ1v) is 9.35. The van der Waals surface area contributed by atoms with E-state index in [-0.39, 0.29) is 0 Å². The number of benzene rings is 2. The number of aryl methyl sites for hydroxylation is 1. The average Bonchev–Trinajstić information content (AvgIpc) is 3.13. The van der Waals surface area contributed by atoms with Gasteiger partial charge in [0.05, 0.1) is 36.4 Å². The lowest BCUT2D eigenvalue weighted by molar-refractivity contribution is 0.0601. The fourth-order valence-electron chi connectivity index (χ4n) is 3.26. The van der Waals surface area contributed by atoms with Crippen LogP contribution in [0.15, 0.2) is 60.9 Å². The zero-order valence-electron chi connectivity index (χ0n) is 17.0. The van der Waals surface area contributed by atoms with Gasteiger partial charge in [-0.3, -0.25) is 4.98 Å². The lowest BCUT2D eigenvalue weighted by Gasteiger charge is -2.13. The van der Waals surface area contributed by atoms with E-state index in [1.165, 1.54) is 7.11 Å². The van der Waals surface area contributed by atoms with Crippen molar-refractivity contribution in [1.82, 2.24) is 14.5 Å². The Morgan fingerprint density at radius 3 is 2.70 bits per heavy atom. The number of imidazole rings is 1. The molecule has 30 heavy (non-hydrogen) atoms. The maximum Gasteiger partial charge on any atom is 0.337 e. The lowest BCUT2D eigenvalue weighted by Crippen LogP contribution is -2.01. The molecule has 4 rings (SSSR count). The van der Waals surface area contributed by atoms with E-state index in [1.54, 1.807) is 31.6 Å². The van der Waals surface area contributed by atoms with Crippen molar-refractivity contribution < 1.29 is 19.0 Å². The van der Waals surface area contributed by atoms with Gasteiger partial charge in [-0.05, 0) is 36.4 Å². The van der Waals surface area contributed by atoms with Gasteiger partial charge in [0.1, 0.15) is 23.9 Å². The molecule has 2 aromatic carbocycles. The van der Waals surface area contributed by atoms with Gasteiger partial charge in [0.15, 0.2) is 0 Å². The number of pyridine rings is 1. The summed E-state index contributed by atoms with van der Waals surface area (Å²) in [7, 11) is 4.90. The van der Waals surface area contributed by atoms with Crippen LogP contribution in [0.2, 0.25) is 0 Å². The Hall–Kier alpha value is -3.87. The molecule has 0 fully saturated rings. The molecule has 4 aromatic rings. The summed E-state index contributed by atoms with van der Waals surface area (Å²) in [4.78, 5) is 20.7. The summed E-state index contributed by atoms with van der Waals surface area (Å²) < 4.78 is 18.3. The monoisotopic (exact) mass is 403 g/mol. The number of fused-ring (bicyclic) bond motifs is 1. The molecule has 7 nitrogen and oxygen atoms in total. The van der Waals surface area contributed by atoms with E-state index in [2.05, 4.69) is 4.98 Å². The maximum atomic E-state index is 11.9. The molecule has 0 saturated carbocycles. The third kappa shape index (κ3) is 3.69. The molecule has 0 atom stereocenters. The van der Waals surface area contributed by atoms with Gasteiger partial charge in [-0.1, -0.05) is 6.07 Å². The Morgan fingerprint density at radius 1 is 1.10 bits per heavy atom. The van der Waals surface area contributed by atoms with Crippen LogP contribution in [0.5, 0.6) is 11.5 Å². The highest BCUT2D eigenvalue weighted by Gasteiger charge is 2.17. The predicted molar refractivity (Wildman–Crippen MR) is 113 cm³/mol. The largest absolute Gasteiger partial charge is 0.497 e. The number of carbonyl (C=O) groups excluding carboxylic acids is 1. The molecule has 0 aliphatic heterocycles. The Balaban J connectivity index is 1.76. The first-order chi connectivity index (χ1) is 14.6. The Kier molecular flexibility index (Phi) is 5.34. The summed E-state index contributed by atoms with van der Waals surface area (Å²) >= 11 is 0. The van der Waals surface area contributed by atoms with Crippen molar-refractivity contribution in [2.45, 2.75) is 6.61 Å². The lowest BCUT2D eigenvalue weighted by atomic mass is 10.1. The highest BCUT2D eigenvalue weighted by molar-refractivity contribution is 5.94. The smallest absolute Gasteiger partial charge is 0.337 e. The molecular formula is C23H21N3O4. The molecule has 0 N–H and O–H groups in total. The van der Waals surface area contributed by atoms with Crippen molar-refractivity contribution in [2.75, 3.05) is 14.2 Å². The number of methoxy groups -OCH3 is 2. The van der Waals surface area contributed by atoms with E-state index in [0.717, 1.165) is 22.5 Å². The SMILES string of the molecule is COC(=O)c1ccc2c(c1)nc(-c1ccc(OC)cc1OCc1cccnc1)n2C. The highest BCUT2D eigenvalue weighted by atomic mass is 16.5. The van der Waals surface area contributed by atoms with Crippen LogP contribution in [0.3, 0.4) is 0 Å². The van der Waals surface area contributed by atoms with Gasteiger partial charge in [-0.2, -0.15) is 0 Å². The number of nitrogens with zero attached hydrogens (tertiary/aromatic N) is 3. The van der Waals surface area contributed by atoms with E-state index in [9.17, 15) is 4.79 Å². The number of aromatic nitrogens is 3. The minimum Gasteiger partial charge on any atom is -0.497 e. The van der Waals surface area contributed by atoms with Crippen molar-refractivity contribution in [3.05, 3.63) is 72.1 Å². The predicted octanol–water partition coefficient (Wildman–Crippen LogP) is 4.01. The minimum absolute atomic E-state index is 0.366. The molecule has 0 spiro atoms. The molecule has 2 aromatic heterocycles. The first kappa shape index (κ1) is 19.4. The van der Waals surface area contributed by atoms with Crippen LogP contribution in [0.25, 0.3) is 22.4 Å². The minimum atomic E-state index is -0.394. The van der Waals surface area contributed by atoms with Gasteiger partial charge in [0.2, 0.25) is 0 Å². The summed E-state index contributed by atoms with van der Waals surface area (Å²) in [5.74, 6) is 1.65. The highest BCUT2D eigenvalue weighted by Crippen LogP contribution is 2.35. The molecule has 7 heteroatoms. The zero-order valence-corrected chi connectivity index (χ0v) is 17.0. The Bertz CT molecular complexity index is 1200. The topological polar surface area (TPSA) is 75.5 Å². The molecular weight excluding hydrogens is 382 g/mol. The second-order valence-electron chi connectivity index (χ2n) is 6.70. The number of carbonyl (C=O) groups is 1.